The topological polar surface area (TPSA) is 79.6 Å². The number of hydrogen-bond acceptors (Lipinski definition) is 5. The van der Waals surface area contributed by atoms with E-state index >= 15 is 0 Å². The Morgan fingerprint density at radius 2 is 1.88 bits per heavy atom. The lowest BCUT2D eigenvalue weighted by Gasteiger charge is -2.17. The van der Waals surface area contributed by atoms with Gasteiger partial charge in [0.15, 0.2) is 23.2 Å². The molecule has 1 heterocycles. The lowest BCUT2D eigenvalue weighted by molar-refractivity contribution is -0.136. The normalized spacial score (nSPS) is 15.1. The van der Waals surface area contributed by atoms with Gasteiger partial charge >= 0.3 is 0 Å². The third kappa shape index (κ3) is 3.93. The van der Waals surface area contributed by atoms with Gasteiger partial charge in [0.1, 0.15) is 0 Å². The maximum Gasteiger partial charge on any atom is 0.247 e. The maximum atomic E-state index is 12.2. The number of likely N-dealkylation sites (tertiary alicyclic amines) is 1. The predicted octanol–water partition coefficient (Wildman–Crippen LogP) is 2.05. The molecule has 0 spiro atoms. The molecule has 24 heavy (non-hydrogen) atoms. The summed E-state index contributed by atoms with van der Waals surface area (Å²) in [5.41, 5.74) is 0.714. The maximum absolute atomic E-state index is 12.2. The highest BCUT2D eigenvalue weighted by Gasteiger charge is 2.30. The standard InChI is InChI=1S/C18H20N2O4/c1-23-16-8-6-13(11-17(16)24-2)5-7-15(21)14(12-19)18(22)20-9-3-4-10-20/h5-8,11,14H,3-4,9-10H2,1-2H3/b7-5+. The molecule has 0 N–H and O–H groups in total. The lowest BCUT2D eigenvalue weighted by Crippen LogP contribution is -2.36. The molecule has 0 aromatic heterocycles. The van der Waals surface area contributed by atoms with E-state index in [4.69, 9.17) is 9.47 Å². The summed E-state index contributed by atoms with van der Waals surface area (Å²) in [6.45, 7) is 1.23. The highest BCUT2D eigenvalue weighted by Crippen LogP contribution is 2.28. The van der Waals surface area contributed by atoms with Crippen LogP contribution in [0.4, 0.5) is 0 Å². The van der Waals surface area contributed by atoms with Crippen molar-refractivity contribution >= 4 is 17.8 Å². The first-order chi connectivity index (χ1) is 11.6. The van der Waals surface area contributed by atoms with Crippen molar-refractivity contribution < 1.29 is 19.1 Å². The van der Waals surface area contributed by atoms with Crippen molar-refractivity contribution in [3.8, 4) is 17.6 Å². The number of carbonyl (C=O) groups is 2. The number of ketones is 1. The summed E-state index contributed by atoms with van der Waals surface area (Å²) in [6.07, 6.45) is 4.66. The Kier molecular flexibility index (Phi) is 5.96. The fourth-order valence-corrected chi connectivity index (χ4v) is 2.59. The highest BCUT2D eigenvalue weighted by atomic mass is 16.5. The van der Waals surface area contributed by atoms with Gasteiger partial charge in [-0.1, -0.05) is 12.1 Å². The second kappa shape index (κ2) is 8.16. The van der Waals surface area contributed by atoms with Crippen molar-refractivity contribution in [3.05, 3.63) is 29.8 Å². The molecule has 126 valence electrons. The second-order valence-corrected chi connectivity index (χ2v) is 5.44. The summed E-state index contributed by atoms with van der Waals surface area (Å²) in [6, 6.07) is 7.01. The summed E-state index contributed by atoms with van der Waals surface area (Å²) in [7, 11) is 3.06. The summed E-state index contributed by atoms with van der Waals surface area (Å²) in [4.78, 5) is 26.0. The van der Waals surface area contributed by atoms with Gasteiger partial charge in [-0.2, -0.15) is 5.26 Å². The summed E-state index contributed by atoms with van der Waals surface area (Å²) >= 11 is 0. The quantitative estimate of drug-likeness (QED) is 0.590. The molecule has 1 saturated heterocycles. The third-order valence-electron chi connectivity index (χ3n) is 3.93. The molecule has 0 radical (unpaired) electrons. The molecule has 6 nitrogen and oxygen atoms in total. The molecular formula is C18H20N2O4. The van der Waals surface area contributed by atoms with Crippen molar-refractivity contribution in [1.29, 1.82) is 5.26 Å². The number of ether oxygens (including phenoxy) is 2. The molecule has 1 atom stereocenters. The molecule has 1 aromatic carbocycles. The van der Waals surface area contributed by atoms with Crippen LogP contribution in [0.25, 0.3) is 6.08 Å². The minimum absolute atomic E-state index is 0.406. The van der Waals surface area contributed by atoms with E-state index in [-0.39, 0.29) is 0 Å². The van der Waals surface area contributed by atoms with Crippen LogP contribution in [0.5, 0.6) is 11.5 Å². The van der Waals surface area contributed by atoms with Crippen molar-refractivity contribution in [1.82, 2.24) is 4.90 Å². The fourth-order valence-electron chi connectivity index (χ4n) is 2.59. The van der Waals surface area contributed by atoms with Crippen LogP contribution >= 0.6 is 0 Å². The minimum atomic E-state index is -1.28. The van der Waals surface area contributed by atoms with Crippen molar-refractivity contribution in [3.63, 3.8) is 0 Å². The van der Waals surface area contributed by atoms with Gasteiger partial charge in [0.25, 0.3) is 0 Å². The Hall–Kier alpha value is -2.81. The molecule has 1 aliphatic rings. The van der Waals surface area contributed by atoms with Crippen LogP contribution < -0.4 is 9.47 Å². The molecule has 0 aliphatic carbocycles. The highest BCUT2D eigenvalue weighted by molar-refractivity contribution is 6.10. The molecular weight excluding hydrogens is 308 g/mol. The second-order valence-electron chi connectivity index (χ2n) is 5.44. The molecule has 1 fully saturated rings. The van der Waals surface area contributed by atoms with Crippen LogP contribution in [0, 0.1) is 17.2 Å². The van der Waals surface area contributed by atoms with Gasteiger partial charge in [-0.05, 0) is 36.6 Å². The van der Waals surface area contributed by atoms with E-state index in [2.05, 4.69) is 0 Å². The Morgan fingerprint density at radius 1 is 1.21 bits per heavy atom. The average molecular weight is 328 g/mol. The van der Waals surface area contributed by atoms with E-state index in [9.17, 15) is 14.9 Å². The van der Waals surface area contributed by atoms with Gasteiger partial charge in [-0.15, -0.1) is 0 Å². The number of methoxy groups -OCH3 is 2. The van der Waals surface area contributed by atoms with E-state index in [1.54, 1.807) is 36.3 Å². The first kappa shape index (κ1) is 17.5. The molecule has 1 aromatic rings. The SMILES string of the molecule is COc1ccc(/C=C/C(=O)C(C#N)C(=O)N2CCCC2)cc1OC. The number of rotatable bonds is 6. The number of amides is 1. The van der Waals surface area contributed by atoms with E-state index in [1.807, 2.05) is 6.07 Å². The number of hydrogen-bond donors (Lipinski definition) is 0. The molecule has 0 saturated carbocycles. The molecule has 1 amide bonds. The van der Waals surface area contributed by atoms with Gasteiger partial charge in [-0.25, -0.2) is 0 Å². The van der Waals surface area contributed by atoms with Crippen LogP contribution in [0.15, 0.2) is 24.3 Å². The van der Waals surface area contributed by atoms with Gasteiger partial charge in [-0.3, -0.25) is 9.59 Å². The fraction of sp³-hybridized carbons (Fsp3) is 0.389. The van der Waals surface area contributed by atoms with Gasteiger partial charge < -0.3 is 14.4 Å². The predicted molar refractivity (Wildman–Crippen MR) is 88.5 cm³/mol. The van der Waals surface area contributed by atoms with Crippen LogP contribution in [-0.2, 0) is 9.59 Å². The third-order valence-corrected chi connectivity index (χ3v) is 3.93. The number of nitriles is 1. The van der Waals surface area contributed by atoms with Crippen LogP contribution in [0.2, 0.25) is 0 Å². The molecule has 1 aliphatic heterocycles. The zero-order valence-corrected chi connectivity index (χ0v) is 13.8. The van der Waals surface area contributed by atoms with E-state index in [0.29, 0.717) is 30.2 Å². The molecule has 2 rings (SSSR count). The summed E-state index contributed by atoms with van der Waals surface area (Å²) in [5.74, 6) is -1.07. The van der Waals surface area contributed by atoms with Gasteiger partial charge in [0.05, 0.1) is 20.3 Å². The zero-order chi connectivity index (χ0) is 17.5. The monoisotopic (exact) mass is 328 g/mol. The first-order valence-electron chi connectivity index (χ1n) is 7.73. The summed E-state index contributed by atoms with van der Waals surface area (Å²) < 4.78 is 10.4. The number of benzene rings is 1. The largest absolute Gasteiger partial charge is 0.493 e. The summed E-state index contributed by atoms with van der Waals surface area (Å²) in [5, 5.41) is 9.19. The Bertz CT molecular complexity index is 685. The number of allylic oxidation sites excluding steroid dienone is 1. The van der Waals surface area contributed by atoms with Gasteiger partial charge in [0, 0.05) is 13.1 Å². The van der Waals surface area contributed by atoms with Crippen LogP contribution in [-0.4, -0.2) is 43.9 Å². The lowest BCUT2D eigenvalue weighted by atomic mass is 10.0. The van der Waals surface area contributed by atoms with Crippen LogP contribution in [0.1, 0.15) is 18.4 Å². The molecule has 1 unspecified atom stereocenters. The van der Waals surface area contributed by atoms with Gasteiger partial charge in [0.2, 0.25) is 5.91 Å². The Labute approximate surface area is 141 Å². The van der Waals surface area contributed by atoms with Crippen molar-refractivity contribution in [2.75, 3.05) is 27.3 Å². The van der Waals surface area contributed by atoms with E-state index in [1.165, 1.54) is 13.2 Å². The number of carbonyl (C=O) groups excluding carboxylic acids is 2. The number of nitrogens with zero attached hydrogens (tertiary/aromatic N) is 2. The first-order valence-corrected chi connectivity index (χ1v) is 7.73. The van der Waals surface area contributed by atoms with Crippen molar-refractivity contribution in [2.24, 2.45) is 5.92 Å². The average Bonchev–Trinajstić information content (AvgIpc) is 3.14. The minimum Gasteiger partial charge on any atom is -0.493 e. The van der Waals surface area contributed by atoms with E-state index < -0.39 is 17.6 Å². The van der Waals surface area contributed by atoms with Crippen molar-refractivity contribution in [2.45, 2.75) is 12.8 Å². The molecule has 0 bridgehead atoms. The van der Waals surface area contributed by atoms with Crippen LogP contribution in [0.3, 0.4) is 0 Å². The zero-order valence-electron chi connectivity index (χ0n) is 13.8. The Balaban J connectivity index is 2.10. The molecule has 6 heteroatoms. The Morgan fingerprint density at radius 3 is 2.46 bits per heavy atom. The van der Waals surface area contributed by atoms with E-state index in [0.717, 1.165) is 12.8 Å². The smallest absolute Gasteiger partial charge is 0.247 e.